The second-order valence-corrected chi connectivity index (χ2v) is 8.53. The molecule has 2 rings (SSSR count). The first-order chi connectivity index (χ1) is 17.5. The number of ether oxygens (including phenoxy) is 1. The molecule has 2 aromatic rings. The number of nitrogens with one attached hydrogen (secondary N) is 2. The standard InChI is InChI=1S/C20H21N3O7S.C2HF3O2/c1-10(18(26)23-15(19(27)28)8-16(24)25)6-14-7-12(9-31-14)20(29)30-13-4-2-11(3-5-13)17(21)22;3-2(4,5)1(6)7/h2-5,7,9-10,15H,6,8H2,1H3,(H3,21,22)(H,23,26)(H,24,25)(H,27,28);(H,6,7)/t10?,15-;/m0./s1. The Labute approximate surface area is 216 Å². The van der Waals surface area contributed by atoms with E-state index in [2.05, 4.69) is 5.32 Å². The van der Waals surface area contributed by atoms with E-state index in [9.17, 15) is 32.3 Å². The number of aliphatic carboxylic acids is 3. The Morgan fingerprint density at radius 1 is 1.08 bits per heavy atom. The number of amidine groups is 1. The van der Waals surface area contributed by atoms with Crippen molar-refractivity contribution in [3.8, 4) is 5.75 Å². The molecule has 0 radical (unpaired) electrons. The van der Waals surface area contributed by atoms with Crippen LogP contribution in [0.4, 0.5) is 13.2 Å². The molecule has 1 amide bonds. The first-order valence-electron chi connectivity index (χ1n) is 10.3. The third kappa shape index (κ3) is 10.7. The van der Waals surface area contributed by atoms with Crippen molar-refractivity contribution in [3.05, 3.63) is 51.7 Å². The number of benzene rings is 1. The topological polar surface area (TPSA) is 217 Å². The summed E-state index contributed by atoms with van der Waals surface area (Å²) in [6.45, 7) is 1.57. The van der Waals surface area contributed by atoms with Crippen molar-refractivity contribution in [2.45, 2.75) is 32.0 Å². The Morgan fingerprint density at radius 2 is 1.63 bits per heavy atom. The molecular weight excluding hydrogens is 539 g/mol. The Bertz CT molecular complexity index is 1200. The van der Waals surface area contributed by atoms with E-state index in [-0.39, 0.29) is 23.6 Å². The molecule has 1 aromatic heterocycles. The molecule has 0 fully saturated rings. The van der Waals surface area contributed by atoms with Gasteiger partial charge >= 0.3 is 30.1 Å². The van der Waals surface area contributed by atoms with Crippen LogP contribution < -0.4 is 15.8 Å². The van der Waals surface area contributed by atoms with E-state index in [0.717, 1.165) is 0 Å². The molecular formula is C22H22F3N3O9S. The van der Waals surface area contributed by atoms with Crippen molar-refractivity contribution in [1.82, 2.24) is 5.32 Å². The maximum absolute atomic E-state index is 12.3. The number of hydrogen-bond acceptors (Lipinski definition) is 8. The lowest BCUT2D eigenvalue weighted by molar-refractivity contribution is -0.192. The number of carboxylic acid groups (broad SMARTS) is 3. The van der Waals surface area contributed by atoms with Crippen molar-refractivity contribution in [2.75, 3.05) is 0 Å². The summed E-state index contributed by atoms with van der Waals surface area (Å²) in [7, 11) is 0. The van der Waals surface area contributed by atoms with Gasteiger partial charge in [0.15, 0.2) is 0 Å². The molecule has 206 valence electrons. The number of nitrogens with two attached hydrogens (primary N) is 1. The molecule has 1 unspecified atom stereocenters. The fourth-order valence-corrected chi connectivity index (χ4v) is 3.53. The Kier molecular flexibility index (Phi) is 11.4. The number of carboxylic acids is 3. The van der Waals surface area contributed by atoms with E-state index in [1.807, 2.05) is 0 Å². The normalized spacial score (nSPS) is 12.2. The van der Waals surface area contributed by atoms with E-state index in [1.54, 1.807) is 30.5 Å². The highest BCUT2D eigenvalue weighted by molar-refractivity contribution is 7.10. The number of carbonyl (C=O) groups is 5. The predicted molar refractivity (Wildman–Crippen MR) is 125 cm³/mol. The zero-order valence-electron chi connectivity index (χ0n) is 19.4. The first kappa shape index (κ1) is 31.6. The number of nitrogen functional groups attached to an aromatic ring is 1. The van der Waals surface area contributed by atoms with Crippen LogP contribution in [0.3, 0.4) is 0 Å². The van der Waals surface area contributed by atoms with Gasteiger partial charge in [0.05, 0.1) is 12.0 Å². The second-order valence-electron chi connectivity index (χ2n) is 7.53. The minimum absolute atomic E-state index is 0.101. The molecule has 1 aromatic carbocycles. The van der Waals surface area contributed by atoms with Crippen LogP contribution in [0.25, 0.3) is 0 Å². The number of hydrogen-bond donors (Lipinski definition) is 6. The minimum atomic E-state index is -5.08. The summed E-state index contributed by atoms with van der Waals surface area (Å²) in [5.74, 6) is -7.17. The molecule has 2 atom stereocenters. The Balaban J connectivity index is 0.000000905. The molecule has 38 heavy (non-hydrogen) atoms. The van der Waals surface area contributed by atoms with Gasteiger partial charge in [-0.05, 0) is 36.8 Å². The molecule has 0 saturated heterocycles. The van der Waals surface area contributed by atoms with Gasteiger partial charge in [0.1, 0.15) is 17.6 Å². The van der Waals surface area contributed by atoms with Gasteiger partial charge in [-0.15, -0.1) is 11.3 Å². The van der Waals surface area contributed by atoms with Gasteiger partial charge in [0.2, 0.25) is 5.91 Å². The molecule has 12 nitrogen and oxygen atoms in total. The molecule has 0 aliphatic heterocycles. The van der Waals surface area contributed by atoms with Crippen LogP contribution in [0.1, 0.15) is 34.1 Å². The van der Waals surface area contributed by atoms with Crippen molar-refractivity contribution in [1.29, 1.82) is 5.41 Å². The third-order valence-electron chi connectivity index (χ3n) is 4.46. The van der Waals surface area contributed by atoms with Gasteiger partial charge in [0, 0.05) is 21.7 Å². The number of esters is 1. The highest BCUT2D eigenvalue weighted by Gasteiger charge is 2.38. The average Bonchev–Trinajstić information content (AvgIpc) is 3.27. The highest BCUT2D eigenvalue weighted by atomic mass is 32.1. The number of amides is 1. The van der Waals surface area contributed by atoms with E-state index in [1.165, 1.54) is 23.5 Å². The van der Waals surface area contributed by atoms with Gasteiger partial charge < -0.3 is 31.1 Å². The molecule has 0 aliphatic rings. The maximum Gasteiger partial charge on any atom is 0.490 e. The van der Waals surface area contributed by atoms with Crippen LogP contribution in [0.15, 0.2) is 35.7 Å². The summed E-state index contributed by atoms with van der Waals surface area (Å²) in [5.41, 5.74) is 6.16. The fraction of sp³-hybridized carbons (Fsp3) is 0.273. The molecule has 1 heterocycles. The summed E-state index contributed by atoms with van der Waals surface area (Å²) < 4.78 is 37.0. The summed E-state index contributed by atoms with van der Waals surface area (Å²) in [4.78, 5) is 55.9. The van der Waals surface area contributed by atoms with Gasteiger partial charge in [-0.2, -0.15) is 13.2 Å². The van der Waals surface area contributed by atoms with Crippen LogP contribution in [0.2, 0.25) is 0 Å². The predicted octanol–water partition coefficient (Wildman–Crippen LogP) is 2.11. The molecule has 0 bridgehead atoms. The van der Waals surface area contributed by atoms with Crippen molar-refractivity contribution < 1.29 is 57.2 Å². The summed E-state index contributed by atoms with van der Waals surface area (Å²) in [5, 5.41) is 36.0. The average molecular weight is 561 g/mol. The maximum atomic E-state index is 12.3. The molecule has 0 aliphatic carbocycles. The Hall–Kier alpha value is -4.47. The van der Waals surface area contributed by atoms with Crippen molar-refractivity contribution >= 4 is 47.0 Å². The first-order valence-corrected chi connectivity index (χ1v) is 11.2. The number of carbonyl (C=O) groups excluding carboxylic acids is 2. The number of halogens is 3. The molecule has 0 spiro atoms. The largest absolute Gasteiger partial charge is 0.490 e. The lowest BCUT2D eigenvalue weighted by atomic mass is 10.0. The van der Waals surface area contributed by atoms with Gasteiger partial charge in [-0.25, -0.2) is 14.4 Å². The second kappa shape index (κ2) is 13.7. The van der Waals surface area contributed by atoms with E-state index in [4.69, 9.17) is 36.0 Å². The van der Waals surface area contributed by atoms with Crippen LogP contribution >= 0.6 is 11.3 Å². The molecule has 7 N–H and O–H groups in total. The van der Waals surface area contributed by atoms with Crippen molar-refractivity contribution in [2.24, 2.45) is 11.7 Å². The summed E-state index contributed by atoms with van der Waals surface area (Å²) in [6.07, 6.45) is -5.58. The Morgan fingerprint density at radius 3 is 2.08 bits per heavy atom. The van der Waals surface area contributed by atoms with E-state index < -0.39 is 54.3 Å². The zero-order valence-corrected chi connectivity index (χ0v) is 20.3. The quantitative estimate of drug-likeness (QED) is 0.107. The van der Waals surface area contributed by atoms with Crippen molar-refractivity contribution in [3.63, 3.8) is 0 Å². The van der Waals surface area contributed by atoms with Crippen LogP contribution in [-0.4, -0.2) is 63.2 Å². The minimum Gasteiger partial charge on any atom is -0.481 e. The monoisotopic (exact) mass is 561 g/mol. The highest BCUT2D eigenvalue weighted by Crippen LogP contribution is 2.21. The molecule has 16 heteroatoms. The third-order valence-corrected chi connectivity index (χ3v) is 5.42. The van der Waals surface area contributed by atoms with Gasteiger partial charge in [-0.3, -0.25) is 15.0 Å². The van der Waals surface area contributed by atoms with E-state index >= 15 is 0 Å². The smallest absolute Gasteiger partial charge is 0.481 e. The van der Waals surface area contributed by atoms with Crippen LogP contribution in [0, 0.1) is 11.3 Å². The number of rotatable bonds is 10. The van der Waals surface area contributed by atoms with Crippen LogP contribution in [-0.2, 0) is 25.6 Å². The lowest BCUT2D eigenvalue weighted by Gasteiger charge is -2.16. The molecule has 0 saturated carbocycles. The number of thiophene rings is 1. The van der Waals surface area contributed by atoms with Gasteiger partial charge in [0.25, 0.3) is 0 Å². The summed E-state index contributed by atoms with van der Waals surface area (Å²) >= 11 is 1.24. The summed E-state index contributed by atoms with van der Waals surface area (Å²) in [6, 6.07) is 6.20. The number of alkyl halides is 3. The fourth-order valence-electron chi connectivity index (χ4n) is 2.55. The SMILES string of the molecule is CC(Cc1cc(C(=O)Oc2ccc(C(=N)N)cc2)cs1)C(=O)N[C@@H](CC(=O)O)C(=O)O.O=C(O)C(F)(F)F. The van der Waals surface area contributed by atoms with Crippen LogP contribution in [0.5, 0.6) is 5.75 Å². The van der Waals surface area contributed by atoms with Gasteiger partial charge in [-0.1, -0.05) is 6.92 Å². The lowest BCUT2D eigenvalue weighted by Crippen LogP contribution is -2.44. The zero-order chi connectivity index (χ0) is 29.2. The van der Waals surface area contributed by atoms with E-state index in [0.29, 0.717) is 10.4 Å².